The van der Waals surface area contributed by atoms with E-state index in [0.29, 0.717) is 8.95 Å². The minimum Gasteiger partial charge on any atom is -0.398 e. The monoisotopic (exact) mass is 416 g/mol. The topological polar surface area (TPSA) is 104 Å². The van der Waals surface area contributed by atoms with Crippen LogP contribution in [0, 0.1) is 0 Å². The SMILES string of the molecule is Nc1cc(Br)cc(Br)c1S(=O)(=O)N(CCO)CCO. The first-order valence-corrected chi connectivity index (χ1v) is 8.33. The molecular formula is C10H14Br2N2O4S. The van der Waals surface area contributed by atoms with E-state index in [9.17, 15) is 8.42 Å². The summed E-state index contributed by atoms with van der Waals surface area (Å²) in [5.41, 5.74) is 5.83. The molecule has 0 saturated heterocycles. The molecule has 19 heavy (non-hydrogen) atoms. The van der Waals surface area contributed by atoms with Crippen LogP contribution in [-0.2, 0) is 10.0 Å². The van der Waals surface area contributed by atoms with Crippen molar-refractivity contribution in [3.05, 3.63) is 21.1 Å². The minimum absolute atomic E-state index is 0.0717. The van der Waals surface area contributed by atoms with Crippen LogP contribution in [0.25, 0.3) is 0 Å². The molecule has 1 rings (SSSR count). The van der Waals surface area contributed by atoms with Crippen molar-refractivity contribution in [2.75, 3.05) is 32.0 Å². The Hall–Kier alpha value is -0.190. The molecule has 0 fully saturated rings. The van der Waals surface area contributed by atoms with Gasteiger partial charge in [0, 0.05) is 22.0 Å². The second-order valence-electron chi connectivity index (χ2n) is 3.66. The Labute approximate surface area is 128 Å². The summed E-state index contributed by atoms with van der Waals surface area (Å²) in [5.74, 6) is 0. The van der Waals surface area contributed by atoms with E-state index >= 15 is 0 Å². The summed E-state index contributed by atoms with van der Waals surface area (Å²) in [6, 6.07) is 3.05. The summed E-state index contributed by atoms with van der Waals surface area (Å²) >= 11 is 6.38. The molecule has 0 spiro atoms. The smallest absolute Gasteiger partial charge is 0.246 e. The lowest BCUT2D eigenvalue weighted by molar-refractivity contribution is 0.217. The Morgan fingerprint density at radius 2 is 1.68 bits per heavy atom. The number of sulfonamides is 1. The molecule has 0 saturated carbocycles. The molecule has 0 heterocycles. The molecule has 4 N–H and O–H groups in total. The van der Waals surface area contributed by atoms with Crippen LogP contribution < -0.4 is 5.73 Å². The number of hydrogen-bond donors (Lipinski definition) is 3. The molecule has 108 valence electrons. The van der Waals surface area contributed by atoms with E-state index in [0.717, 1.165) is 4.31 Å². The van der Waals surface area contributed by atoms with Crippen molar-refractivity contribution >= 4 is 47.6 Å². The second-order valence-corrected chi connectivity index (χ2v) is 7.30. The third kappa shape index (κ3) is 3.89. The highest BCUT2D eigenvalue weighted by atomic mass is 79.9. The molecule has 1 aromatic carbocycles. The van der Waals surface area contributed by atoms with Gasteiger partial charge >= 0.3 is 0 Å². The maximum atomic E-state index is 12.4. The number of hydrogen-bond acceptors (Lipinski definition) is 5. The fourth-order valence-electron chi connectivity index (χ4n) is 1.56. The van der Waals surface area contributed by atoms with Gasteiger partial charge in [0.1, 0.15) is 4.90 Å². The fraction of sp³-hybridized carbons (Fsp3) is 0.400. The molecule has 0 amide bonds. The zero-order chi connectivity index (χ0) is 14.6. The van der Waals surface area contributed by atoms with Crippen molar-refractivity contribution in [1.29, 1.82) is 0 Å². The quantitative estimate of drug-likeness (QED) is 0.593. The number of nitrogen functional groups attached to an aromatic ring is 1. The van der Waals surface area contributed by atoms with Gasteiger partial charge in [0.25, 0.3) is 0 Å². The zero-order valence-electron chi connectivity index (χ0n) is 9.88. The lowest BCUT2D eigenvalue weighted by atomic mass is 10.3. The van der Waals surface area contributed by atoms with Crippen LogP contribution >= 0.6 is 31.9 Å². The molecule has 0 aliphatic heterocycles. The fourth-order valence-corrected chi connectivity index (χ4v) is 4.99. The van der Waals surface area contributed by atoms with E-state index in [4.69, 9.17) is 15.9 Å². The first-order valence-electron chi connectivity index (χ1n) is 5.31. The summed E-state index contributed by atoms with van der Waals surface area (Å²) in [6.07, 6.45) is 0. The first kappa shape index (κ1) is 16.9. The summed E-state index contributed by atoms with van der Waals surface area (Å²) in [4.78, 5) is -0.0717. The molecule has 0 radical (unpaired) electrons. The van der Waals surface area contributed by atoms with Gasteiger partial charge in [-0.25, -0.2) is 8.42 Å². The van der Waals surface area contributed by atoms with Gasteiger partial charge in [-0.2, -0.15) is 4.31 Å². The van der Waals surface area contributed by atoms with Gasteiger partial charge in [-0.1, -0.05) is 15.9 Å². The van der Waals surface area contributed by atoms with E-state index in [1.54, 1.807) is 6.07 Å². The van der Waals surface area contributed by atoms with E-state index in [1.807, 2.05) is 0 Å². The molecule has 0 unspecified atom stereocenters. The number of nitrogens with two attached hydrogens (primary N) is 1. The van der Waals surface area contributed by atoms with E-state index in [-0.39, 0.29) is 36.9 Å². The molecule has 0 aliphatic rings. The Bertz CT molecular complexity index is 521. The van der Waals surface area contributed by atoms with Crippen LogP contribution in [0.3, 0.4) is 0 Å². The first-order chi connectivity index (χ1) is 8.84. The van der Waals surface area contributed by atoms with Crippen LogP contribution in [0.15, 0.2) is 26.0 Å². The normalized spacial score (nSPS) is 12.1. The van der Waals surface area contributed by atoms with Gasteiger partial charge in [0.15, 0.2) is 0 Å². The Kier molecular flexibility index (Phi) is 6.21. The number of halogens is 2. The zero-order valence-corrected chi connectivity index (χ0v) is 13.9. The molecule has 9 heteroatoms. The maximum absolute atomic E-state index is 12.4. The maximum Gasteiger partial charge on any atom is 0.246 e. The number of anilines is 1. The standard InChI is InChI=1S/C10H14Br2N2O4S/c11-7-5-8(12)10(9(13)6-7)19(17,18)14(1-3-15)2-4-16/h5-6,15-16H,1-4,13H2. The molecule has 0 atom stereocenters. The number of aliphatic hydroxyl groups is 2. The molecule has 0 aliphatic carbocycles. The number of benzene rings is 1. The third-order valence-electron chi connectivity index (χ3n) is 2.33. The summed E-state index contributed by atoms with van der Waals surface area (Å²) in [6.45, 7) is -0.893. The Morgan fingerprint density at radius 3 is 2.11 bits per heavy atom. The van der Waals surface area contributed by atoms with Gasteiger partial charge in [0.05, 0.1) is 18.9 Å². The lowest BCUT2D eigenvalue weighted by Crippen LogP contribution is -2.36. The van der Waals surface area contributed by atoms with Crippen molar-refractivity contribution in [3.63, 3.8) is 0 Å². The van der Waals surface area contributed by atoms with Gasteiger partial charge in [-0.05, 0) is 28.1 Å². The predicted octanol–water partition coefficient (Wildman–Crippen LogP) is 0.769. The minimum atomic E-state index is -3.88. The Balaban J connectivity index is 3.33. The average Bonchev–Trinajstić information content (AvgIpc) is 2.26. The van der Waals surface area contributed by atoms with Crippen LogP contribution in [0.4, 0.5) is 5.69 Å². The number of rotatable bonds is 6. The molecule has 0 aromatic heterocycles. The average molecular weight is 418 g/mol. The highest BCUT2D eigenvalue weighted by Gasteiger charge is 2.28. The largest absolute Gasteiger partial charge is 0.398 e. The molecule has 0 bridgehead atoms. The van der Waals surface area contributed by atoms with Crippen molar-refractivity contribution in [1.82, 2.24) is 4.31 Å². The van der Waals surface area contributed by atoms with Crippen LogP contribution in [0.2, 0.25) is 0 Å². The van der Waals surface area contributed by atoms with E-state index < -0.39 is 10.0 Å². The summed E-state index contributed by atoms with van der Waals surface area (Å²) < 4.78 is 26.8. The van der Waals surface area contributed by atoms with Gasteiger partial charge < -0.3 is 15.9 Å². The summed E-state index contributed by atoms with van der Waals surface area (Å²) in [7, 11) is -3.88. The van der Waals surface area contributed by atoms with E-state index in [1.165, 1.54) is 6.07 Å². The van der Waals surface area contributed by atoms with Crippen molar-refractivity contribution in [2.45, 2.75) is 4.90 Å². The van der Waals surface area contributed by atoms with Crippen molar-refractivity contribution < 1.29 is 18.6 Å². The summed E-state index contributed by atoms with van der Waals surface area (Å²) in [5, 5.41) is 17.8. The second kappa shape index (κ2) is 7.00. The van der Waals surface area contributed by atoms with Crippen LogP contribution in [-0.4, -0.2) is 49.2 Å². The highest BCUT2D eigenvalue weighted by Crippen LogP contribution is 2.33. The van der Waals surface area contributed by atoms with Crippen LogP contribution in [0.5, 0.6) is 0 Å². The Morgan fingerprint density at radius 1 is 1.16 bits per heavy atom. The van der Waals surface area contributed by atoms with Gasteiger partial charge in [0.2, 0.25) is 10.0 Å². The number of nitrogens with zero attached hydrogens (tertiary/aromatic N) is 1. The molecule has 6 nitrogen and oxygen atoms in total. The van der Waals surface area contributed by atoms with Gasteiger partial charge in [-0.15, -0.1) is 0 Å². The van der Waals surface area contributed by atoms with Crippen molar-refractivity contribution in [2.24, 2.45) is 0 Å². The lowest BCUT2D eigenvalue weighted by Gasteiger charge is -2.22. The third-order valence-corrected chi connectivity index (χ3v) is 5.70. The molecular weight excluding hydrogens is 404 g/mol. The van der Waals surface area contributed by atoms with Crippen molar-refractivity contribution in [3.8, 4) is 0 Å². The predicted molar refractivity (Wildman–Crippen MR) is 79.2 cm³/mol. The molecule has 1 aromatic rings. The highest BCUT2D eigenvalue weighted by molar-refractivity contribution is 9.11. The van der Waals surface area contributed by atoms with Crippen LogP contribution in [0.1, 0.15) is 0 Å². The van der Waals surface area contributed by atoms with Gasteiger partial charge in [-0.3, -0.25) is 0 Å². The van der Waals surface area contributed by atoms with E-state index in [2.05, 4.69) is 31.9 Å². The number of aliphatic hydroxyl groups excluding tert-OH is 2.